The van der Waals surface area contributed by atoms with Crippen LogP contribution in [0.3, 0.4) is 0 Å². The van der Waals surface area contributed by atoms with Gasteiger partial charge in [-0.3, -0.25) is 29.4 Å². The van der Waals surface area contributed by atoms with E-state index < -0.39 is 22.5 Å². The molecule has 0 spiro atoms. The molecule has 9 nitrogen and oxygen atoms in total. The topological polar surface area (TPSA) is 130 Å². The van der Waals surface area contributed by atoms with Gasteiger partial charge in [-0.15, -0.1) is 0 Å². The molecule has 0 aliphatic carbocycles. The third-order valence-corrected chi connectivity index (χ3v) is 4.60. The molecule has 1 aliphatic rings. The number of hydrogen-bond acceptors (Lipinski definition) is 6. The van der Waals surface area contributed by atoms with Crippen molar-refractivity contribution in [3.05, 3.63) is 63.2 Å². The number of fused-ring (bicyclic) bond motifs is 1. The fourth-order valence-electron chi connectivity index (χ4n) is 2.96. The van der Waals surface area contributed by atoms with Crippen molar-refractivity contribution >= 4 is 29.1 Å². The van der Waals surface area contributed by atoms with Gasteiger partial charge >= 0.3 is 0 Å². The van der Waals surface area contributed by atoms with E-state index in [1.165, 1.54) is 29.2 Å². The van der Waals surface area contributed by atoms with Crippen LogP contribution in [0.2, 0.25) is 0 Å². The molecule has 2 aromatic carbocycles. The van der Waals surface area contributed by atoms with Crippen molar-refractivity contribution in [3.8, 4) is 5.75 Å². The number of hydrogen-bond donors (Lipinski definition) is 2. The number of nitro groups is 1. The van der Waals surface area contributed by atoms with Crippen molar-refractivity contribution in [2.75, 3.05) is 11.9 Å². The average molecular weight is 397 g/mol. The molecule has 0 atom stereocenters. The molecule has 1 aliphatic heterocycles. The zero-order chi connectivity index (χ0) is 21.3. The Morgan fingerprint density at radius 2 is 1.83 bits per heavy atom. The number of imide groups is 1. The maximum atomic E-state index is 12.6. The normalized spacial score (nSPS) is 13.0. The van der Waals surface area contributed by atoms with Gasteiger partial charge in [0.1, 0.15) is 5.75 Å². The Balaban J connectivity index is 1.81. The summed E-state index contributed by atoms with van der Waals surface area (Å²) in [5, 5.41) is 23.0. The minimum Gasteiger partial charge on any atom is -0.506 e. The molecule has 3 rings (SSSR count). The first-order valence-electron chi connectivity index (χ1n) is 8.98. The number of phenols is 1. The summed E-state index contributed by atoms with van der Waals surface area (Å²) in [6, 6.07) is 7.45. The summed E-state index contributed by atoms with van der Waals surface area (Å²) in [5.41, 5.74) is 0.187. The number of phenolic OH excluding ortho intramolecular Hbond substituents is 1. The molecule has 2 N–H and O–H groups in total. The molecule has 150 valence electrons. The molecule has 0 fully saturated rings. The van der Waals surface area contributed by atoms with Crippen LogP contribution < -0.4 is 5.32 Å². The lowest BCUT2D eigenvalue weighted by molar-refractivity contribution is -0.384. The number of anilines is 1. The quantitative estimate of drug-likeness (QED) is 0.333. The average Bonchev–Trinajstić information content (AvgIpc) is 2.91. The van der Waals surface area contributed by atoms with E-state index >= 15 is 0 Å². The second kappa shape index (κ2) is 7.70. The van der Waals surface area contributed by atoms with E-state index in [-0.39, 0.29) is 34.0 Å². The Labute approximate surface area is 166 Å². The van der Waals surface area contributed by atoms with Gasteiger partial charge in [0.25, 0.3) is 23.4 Å². The summed E-state index contributed by atoms with van der Waals surface area (Å²) in [6.07, 6.45) is 0.679. The van der Waals surface area contributed by atoms with E-state index in [0.29, 0.717) is 18.9 Å². The molecule has 0 saturated carbocycles. The molecular formula is C20H19N3O6. The number of amides is 3. The molecule has 0 bridgehead atoms. The number of non-ortho nitro benzene ring substituents is 1. The van der Waals surface area contributed by atoms with E-state index in [2.05, 4.69) is 5.32 Å². The number of carbonyl (C=O) groups excluding carboxylic acids is 3. The number of carbonyl (C=O) groups is 3. The van der Waals surface area contributed by atoms with Crippen LogP contribution in [0.5, 0.6) is 5.75 Å². The van der Waals surface area contributed by atoms with Crippen LogP contribution >= 0.6 is 0 Å². The highest BCUT2D eigenvalue weighted by molar-refractivity contribution is 6.22. The third kappa shape index (κ3) is 3.93. The molecule has 2 aromatic rings. The van der Waals surface area contributed by atoms with Crippen LogP contribution in [0.25, 0.3) is 0 Å². The zero-order valence-corrected chi connectivity index (χ0v) is 15.8. The number of aromatic hydroxyl groups is 1. The fraction of sp³-hybridized carbons (Fsp3) is 0.250. The Morgan fingerprint density at radius 3 is 2.45 bits per heavy atom. The van der Waals surface area contributed by atoms with Gasteiger partial charge < -0.3 is 10.4 Å². The summed E-state index contributed by atoms with van der Waals surface area (Å²) in [4.78, 5) is 48.8. The summed E-state index contributed by atoms with van der Waals surface area (Å²) < 4.78 is 0. The molecule has 3 amide bonds. The SMILES string of the molecule is CC(C)CCN1C(=O)c2ccc(C(=O)Nc3ccc([N+](=O)[O-])cc3O)cc2C1=O. The maximum Gasteiger partial charge on any atom is 0.273 e. The van der Waals surface area contributed by atoms with Gasteiger partial charge in [-0.25, -0.2) is 0 Å². The van der Waals surface area contributed by atoms with Crippen LogP contribution in [0.15, 0.2) is 36.4 Å². The second-order valence-corrected chi connectivity index (χ2v) is 7.12. The van der Waals surface area contributed by atoms with Crippen LogP contribution in [0.1, 0.15) is 51.3 Å². The minimum atomic E-state index is -0.667. The third-order valence-electron chi connectivity index (χ3n) is 4.60. The first-order chi connectivity index (χ1) is 13.7. The minimum absolute atomic E-state index is 0.0120. The van der Waals surface area contributed by atoms with Gasteiger partial charge in [0.15, 0.2) is 0 Å². The van der Waals surface area contributed by atoms with Crippen molar-refractivity contribution in [2.45, 2.75) is 20.3 Å². The molecule has 29 heavy (non-hydrogen) atoms. The highest BCUT2D eigenvalue weighted by Gasteiger charge is 2.35. The van der Waals surface area contributed by atoms with Crippen molar-refractivity contribution in [2.24, 2.45) is 5.92 Å². The predicted octanol–water partition coefficient (Wildman–Crippen LogP) is 3.19. The summed E-state index contributed by atoms with van der Waals surface area (Å²) in [6.45, 7) is 4.30. The number of nitrogens with one attached hydrogen (secondary N) is 1. The standard InChI is InChI=1S/C20H19N3O6/c1-11(2)7-8-22-19(26)14-5-3-12(9-15(14)20(22)27)18(25)21-16-6-4-13(23(28)29)10-17(16)24/h3-6,9-11,24H,7-8H2,1-2H3,(H,21,25). The van der Waals surface area contributed by atoms with Crippen molar-refractivity contribution < 1.29 is 24.4 Å². The smallest absolute Gasteiger partial charge is 0.273 e. The molecule has 0 aromatic heterocycles. The Bertz CT molecular complexity index is 1030. The first kappa shape index (κ1) is 20.0. The fourth-order valence-corrected chi connectivity index (χ4v) is 2.96. The van der Waals surface area contributed by atoms with E-state index in [0.717, 1.165) is 12.1 Å². The van der Waals surface area contributed by atoms with Gasteiger partial charge in [0, 0.05) is 18.2 Å². The summed E-state index contributed by atoms with van der Waals surface area (Å²) in [5.74, 6) is -1.59. The van der Waals surface area contributed by atoms with Gasteiger partial charge in [-0.1, -0.05) is 13.8 Å². The van der Waals surface area contributed by atoms with Gasteiger partial charge in [0.2, 0.25) is 0 Å². The van der Waals surface area contributed by atoms with E-state index in [1.54, 1.807) is 0 Å². The highest BCUT2D eigenvalue weighted by Crippen LogP contribution is 2.29. The lowest BCUT2D eigenvalue weighted by Gasteiger charge is -2.14. The molecular weight excluding hydrogens is 378 g/mol. The summed E-state index contributed by atoms with van der Waals surface area (Å²) >= 11 is 0. The van der Waals surface area contributed by atoms with E-state index in [9.17, 15) is 29.6 Å². The summed E-state index contributed by atoms with van der Waals surface area (Å²) in [7, 11) is 0. The lowest BCUT2D eigenvalue weighted by atomic mass is 10.1. The van der Waals surface area contributed by atoms with E-state index in [1.807, 2.05) is 13.8 Å². The van der Waals surface area contributed by atoms with Crippen molar-refractivity contribution in [1.82, 2.24) is 4.90 Å². The monoisotopic (exact) mass is 397 g/mol. The van der Waals surface area contributed by atoms with Crippen LogP contribution in [0.4, 0.5) is 11.4 Å². The van der Waals surface area contributed by atoms with Gasteiger partial charge in [0.05, 0.1) is 27.8 Å². The molecule has 0 saturated heterocycles. The predicted molar refractivity (Wildman–Crippen MR) is 104 cm³/mol. The zero-order valence-electron chi connectivity index (χ0n) is 15.8. The van der Waals surface area contributed by atoms with Crippen molar-refractivity contribution in [3.63, 3.8) is 0 Å². The Morgan fingerprint density at radius 1 is 1.14 bits per heavy atom. The number of nitrogens with zero attached hydrogens (tertiary/aromatic N) is 2. The first-order valence-corrected chi connectivity index (χ1v) is 8.98. The molecule has 0 radical (unpaired) electrons. The molecule has 9 heteroatoms. The van der Waals surface area contributed by atoms with Gasteiger partial charge in [-0.05, 0) is 36.6 Å². The maximum absolute atomic E-state index is 12.6. The van der Waals surface area contributed by atoms with Crippen LogP contribution in [-0.2, 0) is 0 Å². The van der Waals surface area contributed by atoms with Gasteiger partial charge in [-0.2, -0.15) is 0 Å². The van der Waals surface area contributed by atoms with Crippen LogP contribution in [-0.4, -0.2) is 39.2 Å². The van der Waals surface area contributed by atoms with E-state index in [4.69, 9.17) is 0 Å². The number of nitro benzene ring substituents is 1. The largest absolute Gasteiger partial charge is 0.506 e. The Hall–Kier alpha value is -3.75. The highest BCUT2D eigenvalue weighted by atomic mass is 16.6. The number of rotatable bonds is 6. The Kier molecular flexibility index (Phi) is 5.31. The van der Waals surface area contributed by atoms with Crippen molar-refractivity contribution in [1.29, 1.82) is 0 Å². The second-order valence-electron chi connectivity index (χ2n) is 7.12. The lowest BCUT2D eigenvalue weighted by Crippen LogP contribution is -2.31. The van der Waals surface area contributed by atoms with Crippen LogP contribution in [0, 0.1) is 16.0 Å². The number of benzene rings is 2. The molecule has 0 unspecified atom stereocenters. The molecule has 1 heterocycles.